The molecule has 4 nitrogen and oxygen atoms in total. The van der Waals surface area contributed by atoms with E-state index >= 15 is 0 Å². The third kappa shape index (κ3) is 2.59. The molecular weight excluding hydrogens is 226 g/mol. The molecule has 18 heavy (non-hydrogen) atoms. The Morgan fingerprint density at radius 3 is 2.39 bits per heavy atom. The van der Waals surface area contributed by atoms with Crippen molar-refractivity contribution >= 4 is 5.82 Å². The van der Waals surface area contributed by atoms with Gasteiger partial charge in [0.05, 0.1) is 5.56 Å². The van der Waals surface area contributed by atoms with Gasteiger partial charge in [0.15, 0.2) is 0 Å². The van der Waals surface area contributed by atoms with Gasteiger partial charge < -0.3 is 10.5 Å². The predicted molar refractivity (Wildman–Crippen MR) is 71.8 cm³/mol. The molecule has 0 saturated carbocycles. The molecule has 2 aromatic rings. The SMILES string of the molecule is Cc1ccc(Oc2ncnc(N)c2C(C)C)cc1. The van der Waals surface area contributed by atoms with Crippen molar-refractivity contribution in [1.29, 1.82) is 0 Å². The second-order valence-corrected chi connectivity index (χ2v) is 4.55. The highest BCUT2D eigenvalue weighted by molar-refractivity contribution is 5.48. The highest BCUT2D eigenvalue weighted by Gasteiger charge is 2.14. The number of nitrogen functional groups attached to an aromatic ring is 1. The molecule has 2 N–H and O–H groups in total. The lowest BCUT2D eigenvalue weighted by molar-refractivity contribution is 0.452. The van der Waals surface area contributed by atoms with Gasteiger partial charge in [-0.3, -0.25) is 0 Å². The maximum absolute atomic E-state index is 5.87. The van der Waals surface area contributed by atoms with Crippen LogP contribution in [0.5, 0.6) is 11.6 Å². The smallest absolute Gasteiger partial charge is 0.227 e. The van der Waals surface area contributed by atoms with Gasteiger partial charge in [0, 0.05) is 0 Å². The fraction of sp³-hybridized carbons (Fsp3) is 0.286. The summed E-state index contributed by atoms with van der Waals surface area (Å²) in [5, 5.41) is 0. The number of nitrogens with two attached hydrogens (primary N) is 1. The second kappa shape index (κ2) is 5.04. The average molecular weight is 243 g/mol. The van der Waals surface area contributed by atoms with Gasteiger partial charge in [-0.15, -0.1) is 0 Å². The summed E-state index contributed by atoms with van der Waals surface area (Å²) in [7, 11) is 0. The lowest BCUT2D eigenvalue weighted by Crippen LogP contribution is -2.04. The standard InChI is InChI=1S/C14H17N3O/c1-9(2)12-13(15)16-8-17-14(12)18-11-6-4-10(3)5-7-11/h4-9H,1-3H3,(H2,15,16,17). The Morgan fingerprint density at radius 1 is 1.11 bits per heavy atom. The van der Waals surface area contributed by atoms with Gasteiger partial charge in [-0.25, -0.2) is 9.97 Å². The predicted octanol–water partition coefficient (Wildman–Crippen LogP) is 3.28. The number of hydrogen-bond acceptors (Lipinski definition) is 4. The van der Waals surface area contributed by atoms with Crippen LogP contribution in [-0.2, 0) is 0 Å². The van der Waals surface area contributed by atoms with E-state index < -0.39 is 0 Å². The lowest BCUT2D eigenvalue weighted by Gasteiger charge is -2.13. The molecule has 1 heterocycles. The molecule has 0 spiro atoms. The minimum Gasteiger partial charge on any atom is -0.439 e. The van der Waals surface area contributed by atoms with Gasteiger partial charge in [-0.1, -0.05) is 31.5 Å². The van der Waals surface area contributed by atoms with Crippen molar-refractivity contribution < 1.29 is 4.74 Å². The summed E-state index contributed by atoms with van der Waals surface area (Å²) >= 11 is 0. The zero-order chi connectivity index (χ0) is 13.1. The monoisotopic (exact) mass is 243 g/mol. The minimum absolute atomic E-state index is 0.214. The van der Waals surface area contributed by atoms with Crippen molar-refractivity contribution in [3.05, 3.63) is 41.7 Å². The molecule has 0 atom stereocenters. The van der Waals surface area contributed by atoms with Crippen LogP contribution in [0.1, 0.15) is 30.9 Å². The van der Waals surface area contributed by atoms with E-state index in [2.05, 4.69) is 9.97 Å². The Kier molecular flexibility index (Phi) is 3.46. The summed E-state index contributed by atoms with van der Waals surface area (Å²) in [6.45, 7) is 6.11. The lowest BCUT2D eigenvalue weighted by atomic mass is 10.1. The maximum Gasteiger partial charge on any atom is 0.227 e. The molecule has 2 rings (SSSR count). The van der Waals surface area contributed by atoms with Crippen LogP contribution in [-0.4, -0.2) is 9.97 Å². The third-order valence-electron chi connectivity index (χ3n) is 2.69. The van der Waals surface area contributed by atoms with Crippen molar-refractivity contribution in [2.24, 2.45) is 0 Å². The number of anilines is 1. The summed E-state index contributed by atoms with van der Waals surface area (Å²) in [4.78, 5) is 8.17. The maximum atomic E-state index is 5.87. The molecule has 0 aliphatic heterocycles. The van der Waals surface area contributed by atoms with Crippen molar-refractivity contribution in [2.75, 3.05) is 5.73 Å². The first-order chi connectivity index (χ1) is 8.58. The van der Waals surface area contributed by atoms with E-state index in [1.54, 1.807) is 0 Å². The number of hydrogen-bond donors (Lipinski definition) is 1. The first-order valence-electron chi connectivity index (χ1n) is 5.93. The normalized spacial score (nSPS) is 10.7. The fourth-order valence-corrected chi connectivity index (χ4v) is 1.73. The zero-order valence-electron chi connectivity index (χ0n) is 10.8. The molecule has 1 aromatic carbocycles. The summed E-state index contributed by atoms with van der Waals surface area (Å²) in [5.41, 5.74) is 7.90. The van der Waals surface area contributed by atoms with Gasteiger partial charge in [0.25, 0.3) is 0 Å². The number of rotatable bonds is 3. The van der Waals surface area contributed by atoms with Gasteiger partial charge in [0.1, 0.15) is 17.9 Å². The van der Waals surface area contributed by atoms with Crippen LogP contribution in [0.3, 0.4) is 0 Å². The third-order valence-corrected chi connectivity index (χ3v) is 2.69. The van der Waals surface area contributed by atoms with Crippen molar-refractivity contribution in [3.63, 3.8) is 0 Å². The van der Waals surface area contributed by atoms with Crippen LogP contribution >= 0.6 is 0 Å². The molecule has 4 heteroatoms. The molecule has 0 aliphatic rings. The van der Waals surface area contributed by atoms with E-state index in [0.29, 0.717) is 11.7 Å². The Labute approximate surface area is 107 Å². The van der Waals surface area contributed by atoms with E-state index in [0.717, 1.165) is 11.3 Å². The van der Waals surface area contributed by atoms with Gasteiger partial charge >= 0.3 is 0 Å². The quantitative estimate of drug-likeness (QED) is 0.898. The average Bonchev–Trinajstić information content (AvgIpc) is 2.32. The van der Waals surface area contributed by atoms with E-state index in [-0.39, 0.29) is 5.92 Å². The summed E-state index contributed by atoms with van der Waals surface area (Å²) in [5.74, 6) is 1.97. The summed E-state index contributed by atoms with van der Waals surface area (Å²) in [6.07, 6.45) is 1.42. The van der Waals surface area contributed by atoms with Crippen molar-refractivity contribution in [3.8, 4) is 11.6 Å². The number of ether oxygens (including phenoxy) is 1. The van der Waals surface area contributed by atoms with Crippen molar-refractivity contribution in [1.82, 2.24) is 9.97 Å². The minimum atomic E-state index is 0.214. The van der Waals surface area contributed by atoms with Gasteiger partial charge in [-0.05, 0) is 25.0 Å². The molecule has 0 bridgehead atoms. The van der Waals surface area contributed by atoms with Crippen molar-refractivity contribution in [2.45, 2.75) is 26.7 Å². The Bertz CT molecular complexity index is 535. The van der Waals surface area contributed by atoms with E-state index in [1.807, 2.05) is 45.0 Å². The Hall–Kier alpha value is -2.10. The van der Waals surface area contributed by atoms with Crippen LogP contribution in [0.25, 0.3) is 0 Å². The van der Waals surface area contributed by atoms with E-state index in [1.165, 1.54) is 11.9 Å². The van der Waals surface area contributed by atoms with E-state index in [9.17, 15) is 0 Å². The topological polar surface area (TPSA) is 61.0 Å². The van der Waals surface area contributed by atoms with Crippen LogP contribution in [0.2, 0.25) is 0 Å². The fourth-order valence-electron chi connectivity index (χ4n) is 1.73. The Morgan fingerprint density at radius 2 is 1.78 bits per heavy atom. The molecule has 0 unspecified atom stereocenters. The largest absolute Gasteiger partial charge is 0.439 e. The number of aryl methyl sites for hydroxylation is 1. The first kappa shape index (κ1) is 12.4. The molecule has 94 valence electrons. The first-order valence-corrected chi connectivity index (χ1v) is 5.93. The van der Waals surface area contributed by atoms with Gasteiger partial charge in [0.2, 0.25) is 5.88 Å². The molecular formula is C14H17N3O. The second-order valence-electron chi connectivity index (χ2n) is 4.55. The highest BCUT2D eigenvalue weighted by Crippen LogP contribution is 2.31. The molecule has 1 aromatic heterocycles. The highest BCUT2D eigenvalue weighted by atomic mass is 16.5. The number of aromatic nitrogens is 2. The van der Waals surface area contributed by atoms with Crippen LogP contribution < -0.4 is 10.5 Å². The van der Waals surface area contributed by atoms with Gasteiger partial charge in [-0.2, -0.15) is 0 Å². The molecule has 0 aliphatic carbocycles. The van der Waals surface area contributed by atoms with Crippen LogP contribution in [0.4, 0.5) is 5.82 Å². The number of benzene rings is 1. The molecule has 0 radical (unpaired) electrons. The number of nitrogens with zero attached hydrogens (tertiary/aromatic N) is 2. The zero-order valence-corrected chi connectivity index (χ0v) is 10.8. The summed E-state index contributed by atoms with van der Waals surface area (Å²) < 4.78 is 5.78. The molecule has 0 saturated heterocycles. The molecule has 0 fully saturated rings. The molecule has 0 amide bonds. The Balaban J connectivity index is 2.34. The summed E-state index contributed by atoms with van der Waals surface area (Å²) in [6, 6.07) is 7.82. The van der Waals surface area contributed by atoms with E-state index in [4.69, 9.17) is 10.5 Å². The van der Waals surface area contributed by atoms with Crippen LogP contribution in [0.15, 0.2) is 30.6 Å². The van der Waals surface area contributed by atoms with Crippen LogP contribution in [0, 0.1) is 6.92 Å².